The van der Waals surface area contributed by atoms with Crippen LogP contribution in [0.2, 0.25) is 0 Å². The first-order valence-corrected chi connectivity index (χ1v) is 8.79. The van der Waals surface area contributed by atoms with Gasteiger partial charge >= 0.3 is 0 Å². The lowest BCUT2D eigenvalue weighted by Gasteiger charge is -2.37. The smallest absolute Gasteiger partial charge is 0.279 e. The van der Waals surface area contributed by atoms with Crippen molar-refractivity contribution in [1.29, 1.82) is 0 Å². The summed E-state index contributed by atoms with van der Waals surface area (Å²) in [4.78, 5) is 11.9. The van der Waals surface area contributed by atoms with E-state index in [9.17, 15) is 13.2 Å². The minimum atomic E-state index is -3.42. The molecule has 2 atom stereocenters. The van der Waals surface area contributed by atoms with Crippen molar-refractivity contribution in [3.8, 4) is 0 Å². The lowest BCUT2D eigenvalue weighted by atomic mass is 9.90. The van der Waals surface area contributed by atoms with E-state index in [0.717, 1.165) is 38.5 Å². The van der Waals surface area contributed by atoms with E-state index in [0.29, 0.717) is 19.5 Å². The molecular weight excluding hydrogens is 264 g/mol. The molecule has 0 aromatic carbocycles. The van der Waals surface area contributed by atoms with E-state index < -0.39 is 10.2 Å². The van der Waals surface area contributed by atoms with Crippen molar-refractivity contribution < 1.29 is 13.2 Å². The van der Waals surface area contributed by atoms with Gasteiger partial charge in [-0.1, -0.05) is 13.3 Å². The molecule has 1 aliphatic carbocycles. The van der Waals surface area contributed by atoms with Crippen molar-refractivity contribution in [2.75, 3.05) is 13.1 Å². The van der Waals surface area contributed by atoms with Gasteiger partial charge in [0, 0.05) is 31.5 Å². The molecule has 0 bridgehead atoms. The Morgan fingerprint density at radius 1 is 1.26 bits per heavy atom. The van der Waals surface area contributed by atoms with Crippen molar-refractivity contribution in [2.45, 2.75) is 57.9 Å². The maximum atomic E-state index is 12.3. The minimum absolute atomic E-state index is 0.0708. The van der Waals surface area contributed by atoms with Crippen molar-refractivity contribution in [3.63, 3.8) is 0 Å². The Bertz CT molecular complexity index is 422. The largest absolute Gasteiger partial charge is 0.299 e. The summed E-state index contributed by atoms with van der Waals surface area (Å²) in [6, 6.07) is -0.113. The molecule has 2 fully saturated rings. The predicted molar refractivity (Wildman–Crippen MR) is 73.9 cm³/mol. The van der Waals surface area contributed by atoms with Crippen LogP contribution in [0.25, 0.3) is 0 Å². The molecule has 0 radical (unpaired) electrons. The maximum Gasteiger partial charge on any atom is 0.279 e. The summed E-state index contributed by atoms with van der Waals surface area (Å²) in [5, 5.41) is 0. The van der Waals surface area contributed by atoms with Gasteiger partial charge in [0.05, 0.1) is 0 Å². The second kappa shape index (κ2) is 6.33. The summed E-state index contributed by atoms with van der Waals surface area (Å²) in [6.07, 6.45) is 5.90. The van der Waals surface area contributed by atoms with E-state index in [2.05, 4.69) is 4.72 Å². The summed E-state index contributed by atoms with van der Waals surface area (Å²) in [6.45, 7) is 2.95. The predicted octanol–water partition coefficient (Wildman–Crippen LogP) is 1.45. The Kier molecular flexibility index (Phi) is 4.97. The molecule has 1 aliphatic heterocycles. The molecule has 1 heterocycles. The molecule has 6 heteroatoms. The fraction of sp³-hybridized carbons (Fsp3) is 0.923. The third-order valence-corrected chi connectivity index (χ3v) is 5.80. The van der Waals surface area contributed by atoms with Gasteiger partial charge in [0.25, 0.3) is 10.2 Å². The van der Waals surface area contributed by atoms with Gasteiger partial charge in [-0.2, -0.15) is 12.7 Å². The van der Waals surface area contributed by atoms with Crippen LogP contribution in [0.15, 0.2) is 0 Å². The zero-order valence-electron chi connectivity index (χ0n) is 11.6. The number of rotatable bonds is 5. The van der Waals surface area contributed by atoms with Crippen LogP contribution in [0.5, 0.6) is 0 Å². The fourth-order valence-electron chi connectivity index (χ4n) is 3.19. The van der Waals surface area contributed by atoms with E-state index in [-0.39, 0.29) is 17.7 Å². The number of hydrogen-bond acceptors (Lipinski definition) is 3. The zero-order chi connectivity index (χ0) is 13.9. The molecule has 0 spiro atoms. The molecule has 110 valence electrons. The molecule has 2 rings (SSSR count). The first kappa shape index (κ1) is 14.9. The summed E-state index contributed by atoms with van der Waals surface area (Å²) in [5.74, 6) is 0.182. The monoisotopic (exact) mass is 288 g/mol. The van der Waals surface area contributed by atoms with E-state index in [1.165, 1.54) is 0 Å². The SMILES string of the molecule is CCCNS(=O)(=O)N1CCCCC1C1CCCC1=O. The Hall–Kier alpha value is -0.460. The highest BCUT2D eigenvalue weighted by molar-refractivity contribution is 7.87. The number of ketones is 1. The van der Waals surface area contributed by atoms with Gasteiger partial charge in [-0.25, -0.2) is 4.72 Å². The van der Waals surface area contributed by atoms with Crippen LogP contribution in [0.3, 0.4) is 0 Å². The highest BCUT2D eigenvalue weighted by atomic mass is 32.2. The van der Waals surface area contributed by atoms with Crippen molar-refractivity contribution >= 4 is 16.0 Å². The average molecular weight is 288 g/mol. The number of Topliss-reactive ketones (excluding diaryl/α,β-unsaturated/α-hetero) is 1. The second-order valence-corrected chi connectivity index (χ2v) is 7.25. The molecule has 1 saturated carbocycles. The third-order valence-electron chi connectivity index (χ3n) is 4.16. The maximum absolute atomic E-state index is 12.3. The molecule has 1 N–H and O–H groups in total. The lowest BCUT2D eigenvalue weighted by molar-refractivity contribution is -0.122. The standard InChI is InChI=1S/C13H24N2O3S/c1-2-9-14-19(17,18)15-10-4-3-7-12(15)11-6-5-8-13(11)16/h11-12,14H,2-10H2,1H3. The van der Waals surface area contributed by atoms with E-state index in [4.69, 9.17) is 0 Å². The van der Waals surface area contributed by atoms with Gasteiger partial charge in [-0.05, 0) is 32.1 Å². The Balaban J connectivity index is 2.13. The first-order valence-electron chi connectivity index (χ1n) is 7.35. The van der Waals surface area contributed by atoms with Gasteiger partial charge < -0.3 is 0 Å². The van der Waals surface area contributed by atoms with Gasteiger partial charge in [0.2, 0.25) is 0 Å². The number of carbonyl (C=O) groups excluding carboxylic acids is 1. The second-order valence-electron chi connectivity index (χ2n) is 5.54. The molecule has 1 saturated heterocycles. The van der Waals surface area contributed by atoms with Crippen LogP contribution in [0, 0.1) is 5.92 Å². The molecule has 0 amide bonds. The van der Waals surface area contributed by atoms with Crippen LogP contribution in [-0.2, 0) is 15.0 Å². The van der Waals surface area contributed by atoms with Gasteiger partial charge in [-0.3, -0.25) is 4.79 Å². The molecule has 19 heavy (non-hydrogen) atoms. The summed E-state index contributed by atoms with van der Waals surface area (Å²) < 4.78 is 28.8. The first-order chi connectivity index (χ1) is 9.06. The molecule has 0 aromatic heterocycles. The zero-order valence-corrected chi connectivity index (χ0v) is 12.4. The summed E-state index contributed by atoms with van der Waals surface area (Å²) in [7, 11) is -3.42. The molecule has 2 unspecified atom stereocenters. The topological polar surface area (TPSA) is 66.5 Å². The molecule has 2 aliphatic rings. The number of nitrogens with zero attached hydrogens (tertiary/aromatic N) is 1. The minimum Gasteiger partial charge on any atom is -0.299 e. The number of carbonyl (C=O) groups is 1. The van der Waals surface area contributed by atoms with Crippen LogP contribution in [-0.4, -0.2) is 37.6 Å². The van der Waals surface area contributed by atoms with Crippen molar-refractivity contribution in [1.82, 2.24) is 9.03 Å². The average Bonchev–Trinajstić information content (AvgIpc) is 2.83. The van der Waals surface area contributed by atoms with Gasteiger partial charge in [0.15, 0.2) is 0 Å². The van der Waals surface area contributed by atoms with Crippen molar-refractivity contribution in [3.05, 3.63) is 0 Å². The summed E-state index contributed by atoms with van der Waals surface area (Å²) >= 11 is 0. The quantitative estimate of drug-likeness (QED) is 0.832. The van der Waals surface area contributed by atoms with E-state index >= 15 is 0 Å². The van der Waals surface area contributed by atoms with Crippen LogP contribution in [0.4, 0.5) is 0 Å². The van der Waals surface area contributed by atoms with Crippen LogP contribution >= 0.6 is 0 Å². The van der Waals surface area contributed by atoms with Gasteiger partial charge in [0.1, 0.15) is 5.78 Å². The number of nitrogens with one attached hydrogen (secondary N) is 1. The lowest BCUT2D eigenvalue weighted by Crippen LogP contribution is -2.52. The molecule has 0 aromatic rings. The number of piperidine rings is 1. The van der Waals surface area contributed by atoms with Crippen molar-refractivity contribution in [2.24, 2.45) is 5.92 Å². The Labute approximate surface area is 115 Å². The highest BCUT2D eigenvalue weighted by Gasteiger charge is 2.41. The Morgan fingerprint density at radius 2 is 2.05 bits per heavy atom. The fourth-order valence-corrected chi connectivity index (χ4v) is 4.80. The van der Waals surface area contributed by atoms with Crippen LogP contribution in [0.1, 0.15) is 51.9 Å². The molecular formula is C13H24N2O3S. The summed E-state index contributed by atoms with van der Waals surface area (Å²) in [5.41, 5.74) is 0. The third kappa shape index (κ3) is 3.35. The van der Waals surface area contributed by atoms with Crippen LogP contribution < -0.4 is 4.72 Å². The van der Waals surface area contributed by atoms with Gasteiger partial charge in [-0.15, -0.1) is 0 Å². The number of hydrogen-bond donors (Lipinski definition) is 1. The highest BCUT2D eigenvalue weighted by Crippen LogP contribution is 2.33. The molecule has 5 nitrogen and oxygen atoms in total. The Morgan fingerprint density at radius 3 is 2.68 bits per heavy atom. The van der Waals surface area contributed by atoms with E-state index in [1.807, 2.05) is 6.92 Å². The normalized spacial score (nSPS) is 29.8. The van der Waals surface area contributed by atoms with E-state index in [1.54, 1.807) is 4.31 Å².